The van der Waals surface area contributed by atoms with Crippen molar-refractivity contribution in [3.05, 3.63) is 0 Å². The van der Waals surface area contributed by atoms with E-state index in [2.05, 4.69) is 5.32 Å². The molecule has 1 aliphatic heterocycles. The van der Waals surface area contributed by atoms with Crippen molar-refractivity contribution in [3.63, 3.8) is 0 Å². The highest BCUT2D eigenvalue weighted by Crippen LogP contribution is 2.26. The van der Waals surface area contributed by atoms with Gasteiger partial charge in [-0.1, -0.05) is 0 Å². The predicted molar refractivity (Wildman–Crippen MR) is 73.9 cm³/mol. The predicted octanol–water partition coefficient (Wildman–Crippen LogP) is -0.607. The standard InChI is InChI=1S/C13H24N2O6/c1-12(2,3)21-11(20)15-7-13(8-15,4-10(18)19)14-5-9(17)6-16/h9,14,16-17H,4-8H2,1-3H3,(H,18,19). The Kier molecular flexibility index (Phi) is 5.54. The molecule has 1 amide bonds. The molecule has 0 aromatic carbocycles. The van der Waals surface area contributed by atoms with Crippen LogP contribution in [0.4, 0.5) is 4.79 Å². The van der Waals surface area contributed by atoms with Crippen LogP contribution in [0, 0.1) is 0 Å². The number of aliphatic carboxylic acids is 1. The van der Waals surface area contributed by atoms with Crippen LogP contribution in [-0.4, -0.2) is 75.8 Å². The smallest absolute Gasteiger partial charge is 0.410 e. The fourth-order valence-corrected chi connectivity index (χ4v) is 2.11. The first-order valence-corrected chi connectivity index (χ1v) is 6.80. The maximum atomic E-state index is 11.8. The topological polar surface area (TPSA) is 119 Å². The van der Waals surface area contributed by atoms with Crippen LogP contribution in [0.15, 0.2) is 0 Å². The highest BCUT2D eigenvalue weighted by molar-refractivity contribution is 5.73. The number of carbonyl (C=O) groups is 2. The average molecular weight is 304 g/mol. The molecule has 0 aromatic heterocycles. The van der Waals surface area contributed by atoms with Crippen molar-refractivity contribution in [2.45, 2.75) is 44.4 Å². The van der Waals surface area contributed by atoms with Gasteiger partial charge in [-0.2, -0.15) is 0 Å². The summed E-state index contributed by atoms with van der Waals surface area (Å²) in [6.07, 6.45) is -1.64. The number of aliphatic hydroxyl groups is 2. The molecule has 1 aliphatic rings. The van der Waals surface area contributed by atoms with Crippen molar-refractivity contribution in [1.29, 1.82) is 0 Å². The van der Waals surface area contributed by atoms with Gasteiger partial charge in [0, 0.05) is 19.6 Å². The van der Waals surface area contributed by atoms with Crippen LogP contribution in [0.5, 0.6) is 0 Å². The largest absolute Gasteiger partial charge is 0.481 e. The third kappa shape index (κ3) is 5.49. The van der Waals surface area contributed by atoms with E-state index < -0.39 is 35.9 Å². The Morgan fingerprint density at radius 1 is 1.38 bits per heavy atom. The molecule has 8 nitrogen and oxygen atoms in total. The first kappa shape index (κ1) is 17.7. The van der Waals surface area contributed by atoms with Crippen molar-refractivity contribution in [1.82, 2.24) is 10.2 Å². The van der Waals surface area contributed by atoms with Crippen LogP contribution in [-0.2, 0) is 9.53 Å². The fourth-order valence-electron chi connectivity index (χ4n) is 2.11. The van der Waals surface area contributed by atoms with Gasteiger partial charge < -0.3 is 30.3 Å². The second-order valence-corrected chi connectivity index (χ2v) is 6.40. The van der Waals surface area contributed by atoms with Crippen molar-refractivity contribution < 1.29 is 29.6 Å². The zero-order chi connectivity index (χ0) is 16.3. The van der Waals surface area contributed by atoms with E-state index in [0.717, 1.165) is 0 Å². The first-order valence-electron chi connectivity index (χ1n) is 6.80. The molecule has 4 N–H and O–H groups in total. The molecule has 0 bridgehead atoms. The number of nitrogens with one attached hydrogen (secondary N) is 1. The molecule has 0 aliphatic carbocycles. The number of nitrogens with zero attached hydrogens (tertiary/aromatic N) is 1. The lowest BCUT2D eigenvalue weighted by Gasteiger charge is -2.50. The molecule has 1 atom stereocenters. The van der Waals surface area contributed by atoms with Gasteiger partial charge in [0.2, 0.25) is 0 Å². The summed E-state index contributed by atoms with van der Waals surface area (Å²) in [6.45, 7) is 5.29. The molecular formula is C13H24N2O6. The lowest BCUT2D eigenvalue weighted by Crippen LogP contribution is -2.72. The van der Waals surface area contributed by atoms with Crippen molar-refractivity contribution in [2.24, 2.45) is 0 Å². The van der Waals surface area contributed by atoms with E-state index >= 15 is 0 Å². The van der Waals surface area contributed by atoms with Crippen molar-refractivity contribution >= 4 is 12.1 Å². The minimum Gasteiger partial charge on any atom is -0.481 e. The van der Waals surface area contributed by atoms with Crippen LogP contribution >= 0.6 is 0 Å². The van der Waals surface area contributed by atoms with E-state index in [4.69, 9.17) is 14.9 Å². The lowest BCUT2D eigenvalue weighted by atomic mass is 9.86. The van der Waals surface area contributed by atoms with Crippen LogP contribution in [0.2, 0.25) is 0 Å². The minimum atomic E-state index is -0.996. The van der Waals surface area contributed by atoms with Gasteiger partial charge in [-0.3, -0.25) is 4.79 Å². The molecule has 21 heavy (non-hydrogen) atoms. The Labute approximate surface area is 123 Å². The molecule has 1 unspecified atom stereocenters. The molecule has 1 saturated heterocycles. The van der Waals surface area contributed by atoms with Gasteiger partial charge in [0.25, 0.3) is 0 Å². The summed E-state index contributed by atoms with van der Waals surface area (Å²) in [4.78, 5) is 24.2. The number of hydrogen-bond donors (Lipinski definition) is 4. The quantitative estimate of drug-likeness (QED) is 0.517. The summed E-state index contributed by atoms with van der Waals surface area (Å²) in [6, 6.07) is 0. The molecule has 0 radical (unpaired) electrons. The minimum absolute atomic E-state index is 0.0614. The maximum Gasteiger partial charge on any atom is 0.410 e. The Morgan fingerprint density at radius 2 is 1.95 bits per heavy atom. The highest BCUT2D eigenvalue weighted by atomic mass is 16.6. The third-order valence-electron chi connectivity index (χ3n) is 3.05. The van der Waals surface area contributed by atoms with Gasteiger partial charge in [0.15, 0.2) is 0 Å². The molecule has 0 spiro atoms. The van der Waals surface area contributed by atoms with Gasteiger partial charge in [0.05, 0.1) is 24.7 Å². The summed E-state index contributed by atoms with van der Waals surface area (Å²) < 4.78 is 5.21. The molecule has 1 rings (SSSR count). The van der Waals surface area contributed by atoms with Crippen LogP contribution < -0.4 is 5.32 Å². The van der Waals surface area contributed by atoms with E-state index in [1.54, 1.807) is 20.8 Å². The number of ether oxygens (including phenoxy) is 1. The number of carboxylic acids is 1. The average Bonchev–Trinajstić information content (AvgIpc) is 2.28. The summed E-state index contributed by atoms with van der Waals surface area (Å²) in [5, 5.41) is 30.0. The van der Waals surface area contributed by atoms with E-state index in [0.29, 0.717) is 0 Å². The van der Waals surface area contributed by atoms with E-state index in [-0.39, 0.29) is 26.1 Å². The van der Waals surface area contributed by atoms with Gasteiger partial charge in [-0.15, -0.1) is 0 Å². The summed E-state index contributed by atoms with van der Waals surface area (Å²) in [5.41, 5.74) is -1.40. The second-order valence-electron chi connectivity index (χ2n) is 6.40. The van der Waals surface area contributed by atoms with E-state index in [9.17, 15) is 14.7 Å². The molecule has 8 heteroatoms. The summed E-state index contributed by atoms with van der Waals surface area (Å²) in [7, 11) is 0. The van der Waals surface area contributed by atoms with Crippen LogP contribution in [0.3, 0.4) is 0 Å². The number of β-amino-alcohol motifs (C(OH)–C–C–N with tert-alkyl or cyclic N) is 1. The highest BCUT2D eigenvalue weighted by Gasteiger charge is 2.47. The molecule has 0 saturated carbocycles. The third-order valence-corrected chi connectivity index (χ3v) is 3.05. The van der Waals surface area contributed by atoms with Gasteiger partial charge in [0.1, 0.15) is 5.60 Å². The molecule has 1 fully saturated rings. The summed E-state index contributed by atoms with van der Waals surface area (Å²) in [5.74, 6) is -0.996. The molecule has 1 heterocycles. The summed E-state index contributed by atoms with van der Waals surface area (Å²) >= 11 is 0. The second kappa shape index (κ2) is 6.59. The lowest BCUT2D eigenvalue weighted by molar-refractivity contribution is -0.141. The fraction of sp³-hybridized carbons (Fsp3) is 0.846. The van der Waals surface area contributed by atoms with E-state index in [1.165, 1.54) is 4.90 Å². The number of hydrogen-bond acceptors (Lipinski definition) is 6. The van der Waals surface area contributed by atoms with Gasteiger partial charge in [-0.25, -0.2) is 4.79 Å². The molecule has 0 aromatic rings. The Balaban J connectivity index is 2.57. The maximum absolute atomic E-state index is 11.8. The normalized spacial score (nSPS) is 18.8. The number of carbonyl (C=O) groups excluding carboxylic acids is 1. The van der Waals surface area contributed by atoms with E-state index in [1.807, 2.05) is 0 Å². The monoisotopic (exact) mass is 304 g/mol. The number of rotatable bonds is 6. The number of aliphatic hydroxyl groups excluding tert-OH is 2. The first-order chi connectivity index (χ1) is 9.57. The van der Waals surface area contributed by atoms with Crippen molar-refractivity contribution in [3.8, 4) is 0 Å². The van der Waals surface area contributed by atoms with Crippen LogP contribution in [0.1, 0.15) is 27.2 Å². The number of carboxylic acid groups (broad SMARTS) is 1. The Bertz CT molecular complexity index is 387. The number of amides is 1. The van der Waals surface area contributed by atoms with Gasteiger partial charge >= 0.3 is 12.1 Å². The van der Waals surface area contributed by atoms with Gasteiger partial charge in [-0.05, 0) is 20.8 Å². The number of likely N-dealkylation sites (tertiary alicyclic amines) is 1. The molecule has 122 valence electrons. The Morgan fingerprint density at radius 3 is 2.38 bits per heavy atom. The van der Waals surface area contributed by atoms with Crippen LogP contribution in [0.25, 0.3) is 0 Å². The Hall–Kier alpha value is -1.38. The zero-order valence-electron chi connectivity index (χ0n) is 12.6. The van der Waals surface area contributed by atoms with Crippen molar-refractivity contribution in [2.75, 3.05) is 26.2 Å². The SMILES string of the molecule is CC(C)(C)OC(=O)N1CC(CC(=O)O)(NCC(O)CO)C1. The zero-order valence-corrected chi connectivity index (χ0v) is 12.6. The molecular weight excluding hydrogens is 280 g/mol.